The van der Waals surface area contributed by atoms with Gasteiger partial charge in [0.15, 0.2) is 0 Å². The summed E-state index contributed by atoms with van der Waals surface area (Å²) in [5.74, 6) is 0.491. The van der Waals surface area contributed by atoms with Crippen molar-refractivity contribution in [2.24, 2.45) is 5.92 Å². The van der Waals surface area contributed by atoms with Crippen LogP contribution in [0, 0.1) is 5.92 Å². The largest absolute Gasteiger partial charge is 0.299 e. The summed E-state index contributed by atoms with van der Waals surface area (Å²) in [6.45, 7) is 0. The molecule has 2 aromatic rings. The standard InChI is InChI=1S/C17H17NO/c19-17(12-16-7-3-4-10-18-16)15-9-8-13-5-1-2-6-14(13)11-15/h1-7,10,15H,8-9,11-12H2. The number of rotatable bonds is 3. The number of hydrogen-bond acceptors (Lipinski definition) is 2. The van der Waals surface area contributed by atoms with Crippen molar-refractivity contribution in [3.63, 3.8) is 0 Å². The highest BCUT2D eigenvalue weighted by atomic mass is 16.1. The molecule has 2 heteroatoms. The van der Waals surface area contributed by atoms with E-state index in [1.54, 1.807) is 6.20 Å². The fourth-order valence-corrected chi connectivity index (χ4v) is 2.80. The fraction of sp³-hybridized carbons (Fsp3) is 0.294. The van der Waals surface area contributed by atoms with Gasteiger partial charge in [-0.3, -0.25) is 9.78 Å². The maximum atomic E-state index is 12.3. The molecule has 2 nitrogen and oxygen atoms in total. The third-order valence-corrected chi connectivity index (χ3v) is 3.88. The van der Waals surface area contributed by atoms with Gasteiger partial charge in [-0.05, 0) is 42.5 Å². The van der Waals surface area contributed by atoms with Crippen molar-refractivity contribution in [1.82, 2.24) is 4.98 Å². The first-order valence-electron chi connectivity index (χ1n) is 6.82. The van der Waals surface area contributed by atoms with E-state index in [2.05, 4.69) is 29.2 Å². The number of aromatic nitrogens is 1. The number of hydrogen-bond donors (Lipinski definition) is 0. The molecule has 1 unspecified atom stereocenters. The molecule has 1 heterocycles. The number of benzene rings is 1. The van der Waals surface area contributed by atoms with Gasteiger partial charge < -0.3 is 0 Å². The van der Waals surface area contributed by atoms with Crippen LogP contribution in [0.3, 0.4) is 0 Å². The topological polar surface area (TPSA) is 30.0 Å². The Morgan fingerprint density at radius 2 is 1.89 bits per heavy atom. The Morgan fingerprint density at radius 3 is 2.68 bits per heavy atom. The summed E-state index contributed by atoms with van der Waals surface area (Å²) in [6, 6.07) is 14.2. The number of nitrogens with zero attached hydrogens (tertiary/aromatic N) is 1. The molecule has 1 aromatic heterocycles. The predicted molar refractivity (Wildman–Crippen MR) is 74.9 cm³/mol. The fourth-order valence-electron chi connectivity index (χ4n) is 2.80. The summed E-state index contributed by atoms with van der Waals surface area (Å²) in [5.41, 5.74) is 3.63. The normalized spacial score (nSPS) is 17.8. The van der Waals surface area contributed by atoms with Crippen LogP contribution in [0.15, 0.2) is 48.7 Å². The highest BCUT2D eigenvalue weighted by Gasteiger charge is 2.24. The van der Waals surface area contributed by atoms with Crippen LogP contribution in [0.2, 0.25) is 0 Å². The number of carbonyl (C=O) groups is 1. The molecule has 96 valence electrons. The van der Waals surface area contributed by atoms with Crippen LogP contribution in [-0.4, -0.2) is 10.8 Å². The van der Waals surface area contributed by atoms with Crippen LogP contribution in [0.5, 0.6) is 0 Å². The molecule has 0 aliphatic heterocycles. The Bertz CT molecular complexity index is 577. The molecule has 1 aliphatic carbocycles. The van der Waals surface area contributed by atoms with Gasteiger partial charge in [-0.1, -0.05) is 30.3 Å². The van der Waals surface area contributed by atoms with Crippen molar-refractivity contribution in [2.45, 2.75) is 25.7 Å². The molecule has 1 aromatic carbocycles. The Labute approximate surface area is 113 Å². The van der Waals surface area contributed by atoms with Gasteiger partial charge in [0.25, 0.3) is 0 Å². The van der Waals surface area contributed by atoms with Crippen molar-refractivity contribution in [3.8, 4) is 0 Å². The molecular weight excluding hydrogens is 234 g/mol. The molecule has 3 rings (SSSR count). The van der Waals surface area contributed by atoms with Crippen molar-refractivity contribution in [1.29, 1.82) is 0 Å². The molecule has 1 atom stereocenters. The van der Waals surface area contributed by atoms with Gasteiger partial charge in [-0.15, -0.1) is 0 Å². The lowest BCUT2D eigenvalue weighted by atomic mass is 9.81. The first-order valence-corrected chi connectivity index (χ1v) is 6.82. The summed E-state index contributed by atoms with van der Waals surface area (Å²) in [5, 5.41) is 0. The van der Waals surface area contributed by atoms with E-state index in [4.69, 9.17) is 0 Å². The summed E-state index contributed by atoms with van der Waals surface area (Å²) in [7, 11) is 0. The third-order valence-electron chi connectivity index (χ3n) is 3.88. The molecule has 19 heavy (non-hydrogen) atoms. The molecule has 0 saturated carbocycles. The molecule has 0 N–H and O–H groups in total. The van der Waals surface area contributed by atoms with E-state index in [9.17, 15) is 4.79 Å². The van der Waals surface area contributed by atoms with Crippen molar-refractivity contribution in [2.75, 3.05) is 0 Å². The van der Waals surface area contributed by atoms with Crippen molar-refractivity contribution >= 4 is 5.78 Å². The monoisotopic (exact) mass is 251 g/mol. The first-order chi connectivity index (χ1) is 9.33. The Balaban J connectivity index is 1.70. The predicted octanol–water partition coefficient (Wildman–Crippen LogP) is 3.00. The van der Waals surface area contributed by atoms with E-state index >= 15 is 0 Å². The number of aryl methyl sites for hydroxylation is 1. The van der Waals surface area contributed by atoms with Crippen LogP contribution in [0.1, 0.15) is 23.2 Å². The zero-order chi connectivity index (χ0) is 13.1. The second-order valence-electron chi connectivity index (χ2n) is 5.17. The van der Waals surface area contributed by atoms with Crippen LogP contribution < -0.4 is 0 Å². The zero-order valence-electron chi connectivity index (χ0n) is 10.9. The van der Waals surface area contributed by atoms with Crippen LogP contribution in [0.4, 0.5) is 0 Å². The molecule has 0 fully saturated rings. The first kappa shape index (κ1) is 12.1. The Hall–Kier alpha value is -1.96. The van der Waals surface area contributed by atoms with E-state index in [0.29, 0.717) is 12.2 Å². The number of Topliss-reactive ketones (excluding diaryl/α,β-unsaturated/α-hetero) is 1. The zero-order valence-corrected chi connectivity index (χ0v) is 10.9. The minimum atomic E-state index is 0.164. The van der Waals surface area contributed by atoms with Gasteiger partial charge in [0.1, 0.15) is 5.78 Å². The average Bonchev–Trinajstić information content (AvgIpc) is 2.48. The molecule has 0 amide bonds. The van der Waals surface area contributed by atoms with E-state index in [0.717, 1.165) is 25.0 Å². The van der Waals surface area contributed by atoms with Gasteiger partial charge in [-0.25, -0.2) is 0 Å². The highest BCUT2D eigenvalue weighted by molar-refractivity contribution is 5.83. The minimum Gasteiger partial charge on any atom is -0.299 e. The van der Waals surface area contributed by atoms with Crippen LogP contribution >= 0.6 is 0 Å². The van der Waals surface area contributed by atoms with Gasteiger partial charge in [0.2, 0.25) is 0 Å². The average molecular weight is 251 g/mol. The number of pyridine rings is 1. The number of fused-ring (bicyclic) bond motifs is 1. The molecule has 0 radical (unpaired) electrons. The van der Waals surface area contributed by atoms with E-state index in [1.807, 2.05) is 18.2 Å². The Morgan fingerprint density at radius 1 is 1.11 bits per heavy atom. The lowest BCUT2D eigenvalue weighted by Crippen LogP contribution is -2.24. The second kappa shape index (κ2) is 5.35. The van der Waals surface area contributed by atoms with Crippen molar-refractivity contribution in [3.05, 3.63) is 65.5 Å². The molecule has 0 bridgehead atoms. The van der Waals surface area contributed by atoms with E-state index in [1.165, 1.54) is 11.1 Å². The summed E-state index contributed by atoms with van der Waals surface area (Å²) in [4.78, 5) is 16.6. The van der Waals surface area contributed by atoms with Gasteiger partial charge >= 0.3 is 0 Å². The lowest BCUT2D eigenvalue weighted by molar-refractivity contribution is -0.122. The quantitative estimate of drug-likeness (QED) is 0.839. The maximum Gasteiger partial charge on any atom is 0.142 e. The third kappa shape index (κ3) is 2.73. The maximum absolute atomic E-state index is 12.3. The smallest absolute Gasteiger partial charge is 0.142 e. The van der Waals surface area contributed by atoms with E-state index < -0.39 is 0 Å². The lowest BCUT2D eigenvalue weighted by Gasteiger charge is -2.23. The molecule has 0 saturated heterocycles. The summed E-state index contributed by atoms with van der Waals surface area (Å²) < 4.78 is 0. The number of carbonyl (C=O) groups excluding carboxylic acids is 1. The molecular formula is C17H17NO. The summed E-state index contributed by atoms with van der Waals surface area (Å²) in [6.07, 6.45) is 5.10. The summed E-state index contributed by atoms with van der Waals surface area (Å²) >= 11 is 0. The number of ketones is 1. The van der Waals surface area contributed by atoms with Crippen LogP contribution in [0.25, 0.3) is 0 Å². The second-order valence-corrected chi connectivity index (χ2v) is 5.17. The van der Waals surface area contributed by atoms with Crippen molar-refractivity contribution < 1.29 is 4.79 Å². The highest BCUT2D eigenvalue weighted by Crippen LogP contribution is 2.26. The SMILES string of the molecule is O=C(Cc1ccccn1)C1CCc2ccccc2C1. The minimum absolute atomic E-state index is 0.164. The van der Waals surface area contributed by atoms with Gasteiger partial charge in [0.05, 0.1) is 0 Å². The van der Waals surface area contributed by atoms with E-state index in [-0.39, 0.29) is 5.92 Å². The molecule has 0 spiro atoms. The Kier molecular flexibility index (Phi) is 3.41. The van der Waals surface area contributed by atoms with Gasteiger partial charge in [-0.2, -0.15) is 0 Å². The van der Waals surface area contributed by atoms with Crippen LogP contribution in [-0.2, 0) is 24.1 Å². The molecule has 1 aliphatic rings. The van der Waals surface area contributed by atoms with Gasteiger partial charge in [0, 0.05) is 24.2 Å².